The summed E-state index contributed by atoms with van der Waals surface area (Å²) in [6.45, 7) is 0. The number of benzene rings is 2. The third-order valence-electron chi connectivity index (χ3n) is 6.63. The quantitative estimate of drug-likeness (QED) is 0.514. The monoisotopic (exact) mass is 496 g/mol. The van der Waals surface area contributed by atoms with E-state index < -0.39 is 0 Å². The maximum absolute atomic E-state index is 11.3. The highest BCUT2D eigenvalue weighted by molar-refractivity contribution is 8.00. The number of ether oxygens (including phenoxy) is 1. The van der Waals surface area contributed by atoms with Gasteiger partial charge in [-0.25, -0.2) is 0 Å². The Morgan fingerprint density at radius 2 is 1.62 bits per heavy atom. The van der Waals surface area contributed by atoms with Crippen molar-refractivity contribution in [1.82, 2.24) is 4.98 Å². The number of imide groups is 1. The summed E-state index contributed by atoms with van der Waals surface area (Å²) < 4.78 is 4.91. The van der Waals surface area contributed by atoms with Gasteiger partial charge >= 0.3 is 4.87 Å². The summed E-state index contributed by atoms with van der Waals surface area (Å²) in [5.74, 6) is 3.71. The van der Waals surface area contributed by atoms with Gasteiger partial charge in [-0.15, -0.1) is 11.8 Å². The van der Waals surface area contributed by atoms with Gasteiger partial charge in [-0.05, 0) is 67.7 Å². The first-order valence-electron chi connectivity index (χ1n) is 11.3. The van der Waals surface area contributed by atoms with Crippen molar-refractivity contribution in [2.45, 2.75) is 36.0 Å². The molecule has 34 heavy (non-hydrogen) atoms. The second-order valence-corrected chi connectivity index (χ2v) is 10.8. The summed E-state index contributed by atoms with van der Waals surface area (Å²) in [6, 6.07) is 18.4. The zero-order valence-corrected chi connectivity index (χ0v) is 20.6. The number of nitrogens with one attached hydrogen (secondary N) is 1. The number of anilines is 1. The van der Waals surface area contributed by atoms with E-state index in [1.54, 1.807) is 31.4 Å². The average Bonchev–Trinajstić information content (AvgIpc) is 3.59. The molecule has 1 aliphatic heterocycles. The van der Waals surface area contributed by atoms with Crippen LogP contribution in [0.3, 0.4) is 0 Å². The molecule has 2 aliphatic carbocycles. The van der Waals surface area contributed by atoms with Crippen LogP contribution in [0.25, 0.3) is 0 Å². The number of thioether (sulfide) groups is 1. The number of para-hydroxylation sites is 2. The van der Waals surface area contributed by atoms with E-state index >= 15 is 0 Å². The second-order valence-electron chi connectivity index (χ2n) is 8.52. The SMILES string of the molecule is COc1ccccc1.O=CN(C=O)c1ccccc1.O=c1[nH]c2c(s1)C[C@@H]1[C@H]3CC[C@H](C3)[C@@H]1S2. The number of hydrogen-bond acceptors (Lipinski definition) is 6. The van der Waals surface area contributed by atoms with Crippen LogP contribution in [-0.2, 0) is 16.0 Å². The van der Waals surface area contributed by atoms with Gasteiger partial charge in [0.15, 0.2) is 0 Å². The second kappa shape index (κ2) is 11.5. The number of aromatic amines is 1. The Labute approximate surface area is 207 Å². The highest BCUT2D eigenvalue weighted by atomic mass is 32.2. The summed E-state index contributed by atoms with van der Waals surface area (Å²) in [7, 11) is 1.66. The number of amides is 2. The average molecular weight is 497 g/mol. The van der Waals surface area contributed by atoms with Crippen molar-refractivity contribution in [3.05, 3.63) is 75.2 Å². The van der Waals surface area contributed by atoms with Crippen LogP contribution in [0.15, 0.2) is 70.5 Å². The first-order chi connectivity index (χ1) is 16.6. The maximum atomic E-state index is 11.3. The molecule has 8 heteroatoms. The third-order valence-corrected chi connectivity index (χ3v) is 9.25. The molecule has 6 nitrogen and oxygen atoms in total. The summed E-state index contributed by atoms with van der Waals surface area (Å²) in [5, 5.41) is 2.01. The molecule has 2 saturated carbocycles. The van der Waals surface area contributed by atoms with Crippen LogP contribution in [0.4, 0.5) is 5.69 Å². The van der Waals surface area contributed by atoms with Crippen LogP contribution in [-0.4, -0.2) is 30.2 Å². The number of rotatable bonds is 4. The van der Waals surface area contributed by atoms with E-state index in [4.69, 9.17) is 4.74 Å². The van der Waals surface area contributed by atoms with Crippen LogP contribution < -0.4 is 14.5 Å². The molecule has 2 heterocycles. The number of methoxy groups -OCH3 is 1. The van der Waals surface area contributed by atoms with Gasteiger partial charge in [0.05, 0.1) is 17.8 Å². The Morgan fingerprint density at radius 1 is 0.971 bits per heavy atom. The first-order valence-corrected chi connectivity index (χ1v) is 13.0. The molecular formula is C26H28N2O4S2. The molecule has 6 rings (SSSR count). The van der Waals surface area contributed by atoms with Gasteiger partial charge in [-0.3, -0.25) is 19.3 Å². The van der Waals surface area contributed by atoms with Crippen molar-refractivity contribution >= 4 is 41.6 Å². The summed E-state index contributed by atoms with van der Waals surface area (Å²) in [4.78, 5) is 37.2. The molecule has 0 unspecified atom stereocenters. The van der Waals surface area contributed by atoms with Crippen molar-refractivity contribution < 1.29 is 14.3 Å². The number of H-pyrrole nitrogens is 1. The molecule has 2 amide bonds. The molecule has 0 spiro atoms. The molecule has 4 atom stereocenters. The number of hydrogen-bond donors (Lipinski definition) is 1. The standard InChI is InChI=1S/C11H13NOS2.C8H7NO2.C7H8O/c13-11-12-10-8(14-11)4-7-5-1-2-6(3-5)9(7)15-10;10-6-9(7-11)8-4-2-1-3-5-8;1-8-7-5-3-2-4-6-7/h5-7,9H,1-4H2,(H,12,13);1-7H;2-6H,1H3/t5-,6+,7+,9-;;/m0../s1. The molecule has 0 radical (unpaired) electrons. The Kier molecular flexibility index (Phi) is 8.24. The van der Waals surface area contributed by atoms with Gasteiger partial charge in [0.2, 0.25) is 12.8 Å². The molecule has 1 aromatic heterocycles. The zero-order chi connectivity index (χ0) is 23.9. The summed E-state index contributed by atoms with van der Waals surface area (Å²) >= 11 is 3.40. The van der Waals surface area contributed by atoms with Crippen LogP contribution in [0.2, 0.25) is 0 Å². The Balaban J connectivity index is 0.000000128. The molecule has 2 aromatic carbocycles. The van der Waals surface area contributed by atoms with Gasteiger partial charge in [-0.2, -0.15) is 0 Å². The highest BCUT2D eigenvalue weighted by Gasteiger charge is 2.50. The fraction of sp³-hybridized carbons (Fsp3) is 0.346. The van der Waals surface area contributed by atoms with E-state index in [0.717, 1.165) is 33.7 Å². The topological polar surface area (TPSA) is 79.5 Å². The van der Waals surface area contributed by atoms with Gasteiger partial charge in [0.1, 0.15) is 5.75 Å². The Morgan fingerprint density at radius 3 is 2.24 bits per heavy atom. The molecule has 3 aromatic rings. The molecule has 0 saturated heterocycles. The lowest BCUT2D eigenvalue weighted by Gasteiger charge is -2.33. The zero-order valence-electron chi connectivity index (χ0n) is 19.0. The van der Waals surface area contributed by atoms with E-state index in [2.05, 4.69) is 4.98 Å². The van der Waals surface area contributed by atoms with Gasteiger partial charge in [0.25, 0.3) is 0 Å². The summed E-state index contributed by atoms with van der Waals surface area (Å²) in [6.07, 6.45) is 6.47. The van der Waals surface area contributed by atoms with Crippen LogP contribution in [0.1, 0.15) is 24.1 Å². The van der Waals surface area contributed by atoms with Crippen molar-refractivity contribution in [1.29, 1.82) is 0 Å². The fourth-order valence-corrected chi connectivity index (χ4v) is 7.76. The highest BCUT2D eigenvalue weighted by Crippen LogP contribution is 2.58. The van der Waals surface area contributed by atoms with Gasteiger partial charge in [-0.1, -0.05) is 47.7 Å². The molecule has 1 N–H and O–H groups in total. The smallest absolute Gasteiger partial charge is 0.305 e. The lowest BCUT2D eigenvalue weighted by Crippen LogP contribution is -2.29. The van der Waals surface area contributed by atoms with Crippen molar-refractivity contribution in [2.24, 2.45) is 17.8 Å². The molecular weight excluding hydrogens is 468 g/mol. The lowest BCUT2D eigenvalue weighted by atomic mass is 9.85. The normalized spacial score (nSPS) is 23.2. The molecule has 178 valence electrons. The Bertz CT molecular complexity index is 1090. The third kappa shape index (κ3) is 5.62. The van der Waals surface area contributed by atoms with Crippen molar-refractivity contribution in [3.8, 4) is 5.75 Å². The molecule has 2 fully saturated rings. The number of carbonyl (C=O) groups excluding carboxylic acids is 2. The van der Waals surface area contributed by atoms with Crippen LogP contribution in [0, 0.1) is 17.8 Å². The fourth-order valence-electron chi connectivity index (χ4n) is 5.05. The van der Waals surface area contributed by atoms with Crippen molar-refractivity contribution in [2.75, 3.05) is 12.0 Å². The first kappa shape index (κ1) is 24.3. The maximum Gasteiger partial charge on any atom is 0.305 e. The lowest BCUT2D eigenvalue weighted by molar-refractivity contribution is -0.113. The van der Waals surface area contributed by atoms with Gasteiger partial charge < -0.3 is 9.72 Å². The summed E-state index contributed by atoms with van der Waals surface area (Å²) in [5.41, 5.74) is 0.581. The minimum Gasteiger partial charge on any atom is -0.497 e. The predicted octanol–water partition coefficient (Wildman–Crippen LogP) is 5.00. The molecule has 2 bridgehead atoms. The number of fused-ring (bicyclic) bond motifs is 6. The Hall–Kier alpha value is -2.84. The van der Waals surface area contributed by atoms with E-state index in [9.17, 15) is 14.4 Å². The number of nitrogens with zero attached hydrogens (tertiary/aromatic N) is 1. The number of aromatic nitrogens is 1. The number of thiazole rings is 1. The van der Waals surface area contributed by atoms with E-state index in [1.807, 2.05) is 48.2 Å². The van der Waals surface area contributed by atoms with Crippen molar-refractivity contribution in [3.63, 3.8) is 0 Å². The van der Waals surface area contributed by atoms with E-state index in [-0.39, 0.29) is 4.87 Å². The minimum atomic E-state index is 0.139. The minimum absolute atomic E-state index is 0.139. The van der Waals surface area contributed by atoms with Crippen LogP contribution >= 0.6 is 23.1 Å². The van der Waals surface area contributed by atoms with E-state index in [0.29, 0.717) is 18.5 Å². The van der Waals surface area contributed by atoms with Gasteiger partial charge in [0, 0.05) is 10.1 Å². The van der Waals surface area contributed by atoms with E-state index in [1.165, 1.54) is 46.9 Å². The van der Waals surface area contributed by atoms with Crippen LogP contribution in [0.5, 0.6) is 5.75 Å². The predicted molar refractivity (Wildman–Crippen MR) is 137 cm³/mol. The molecule has 3 aliphatic rings. The number of carbonyl (C=O) groups is 2. The largest absolute Gasteiger partial charge is 0.497 e.